The maximum Gasteiger partial charge on any atom is 0.362 e. The van der Waals surface area contributed by atoms with Crippen LogP contribution in [-0.4, -0.2) is 19.2 Å². The molecule has 0 saturated carbocycles. The standard InChI is InChI=1S/C10H10N4O3/c1-16-10(15)9(6-11)17-8-4-2-7(3-5-8)13-14-12/h2-5,9H,1H3,(H2,12,13). The fourth-order valence-electron chi connectivity index (χ4n) is 1.03. The molecular formula is C10H10N4O3. The van der Waals surface area contributed by atoms with Crippen molar-refractivity contribution in [2.75, 3.05) is 7.11 Å². The SMILES string of the molecule is COC(=O)C(C#N)Oc1ccc(N=NN)cc1. The lowest BCUT2D eigenvalue weighted by molar-refractivity contribution is -0.146. The summed E-state index contributed by atoms with van der Waals surface area (Å²) >= 11 is 0. The van der Waals surface area contributed by atoms with Gasteiger partial charge in [0.05, 0.1) is 12.8 Å². The summed E-state index contributed by atoms with van der Waals surface area (Å²) in [7, 11) is 1.18. The normalized spacial score (nSPS) is 11.8. The zero-order valence-corrected chi connectivity index (χ0v) is 9.03. The average Bonchev–Trinajstić information content (AvgIpc) is 2.37. The third kappa shape index (κ3) is 3.46. The lowest BCUT2D eigenvalue weighted by atomic mass is 10.3. The molecule has 1 aromatic rings. The van der Waals surface area contributed by atoms with E-state index in [1.807, 2.05) is 0 Å². The number of esters is 1. The summed E-state index contributed by atoms with van der Waals surface area (Å²) in [5.74, 6) is 4.48. The monoisotopic (exact) mass is 234 g/mol. The van der Waals surface area contributed by atoms with Gasteiger partial charge in [0.25, 0.3) is 6.10 Å². The minimum atomic E-state index is -1.29. The van der Waals surface area contributed by atoms with E-state index >= 15 is 0 Å². The van der Waals surface area contributed by atoms with Crippen LogP contribution in [0.5, 0.6) is 5.75 Å². The second-order valence-corrected chi connectivity index (χ2v) is 2.86. The van der Waals surface area contributed by atoms with Crippen LogP contribution in [0.4, 0.5) is 5.69 Å². The van der Waals surface area contributed by atoms with Crippen LogP contribution in [0.1, 0.15) is 0 Å². The first-order chi connectivity index (χ1) is 8.21. The molecule has 0 saturated heterocycles. The Morgan fingerprint density at radius 1 is 1.47 bits per heavy atom. The van der Waals surface area contributed by atoms with E-state index in [0.717, 1.165) is 0 Å². The van der Waals surface area contributed by atoms with Gasteiger partial charge in [-0.1, -0.05) is 5.22 Å². The molecule has 0 aromatic heterocycles. The number of nitrogens with two attached hydrogens (primary N) is 1. The minimum absolute atomic E-state index is 0.345. The van der Waals surface area contributed by atoms with Crippen LogP contribution in [-0.2, 0) is 9.53 Å². The van der Waals surface area contributed by atoms with E-state index in [1.54, 1.807) is 18.2 Å². The van der Waals surface area contributed by atoms with E-state index in [2.05, 4.69) is 15.1 Å². The van der Waals surface area contributed by atoms with Gasteiger partial charge in [-0.3, -0.25) is 0 Å². The Hall–Kier alpha value is -2.62. The van der Waals surface area contributed by atoms with E-state index in [0.29, 0.717) is 11.4 Å². The second kappa shape index (κ2) is 6.07. The molecule has 1 aromatic carbocycles. The van der Waals surface area contributed by atoms with Crippen molar-refractivity contribution in [1.29, 1.82) is 5.26 Å². The first kappa shape index (κ1) is 12.4. The van der Waals surface area contributed by atoms with E-state index in [4.69, 9.17) is 15.8 Å². The number of nitriles is 1. The number of carbonyl (C=O) groups excluding carboxylic acids is 1. The summed E-state index contributed by atoms with van der Waals surface area (Å²) in [5.41, 5.74) is 0.534. The molecule has 1 unspecified atom stereocenters. The summed E-state index contributed by atoms with van der Waals surface area (Å²) in [5, 5.41) is 15.4. The molecule has 0 fully saturated rings. The van der Waals surface area contributed by atoms with E-state index in [1.165, 1.54) is 19.2 Å². The van der Waals surface area contributed by atoms with Crippen LogP contribution >= 0.6 is 0 Å². The quantitative estimate of drug-likeness (QED) is 0.363. The Kier molecular flexibility index (Phi) is 4.45. The zero-order valence-electron chi connectivity index (χ0n) is 9.03. The van der Waals surface area contributed by atoms with Gasteiger partial charge >= 0.3 is 5.97 Å². The maximum atomic E-state index is 11.1. The molecule has 0 radical (unpaired) electrons. The summed E-state index contributed by atoms with van der Waals surface area (Å²) in [6, 6.07) is 7.92. The molecule has 0 aliphatic carbocycles. The molecule has 1 atom stereocenters. The lowest BCUT2D eigenvalue weighted by Gasteiger charge is -2.09. The molecule has 0 spiro atoms. The van der Waals surface area contributed by atoms with Crippen molar-refractivity contribution in [1.82, 2.24) is 0 Å². The van der Waals surface area contributed by atoms with Gasteiger partial charge in [-0.25, -0.2) is 4.79 Å². The third-order valence-corrected chi connectivity index (χ3v) is 1.80. The van der Waals surface area contributed by atoms with E-state index < -0.39 is 12.1 Å². The number of nitrogens with zero attached hydrogens (tertiary/aromatic N) is 3. The molecule has 0 amide bonds. The molecule has 17 heavy (non-hydrogen) atoms. The van der Waals surface area contributed by atoms with Crippen molar-refractivity contribution in [2.45, 2.75) is 6.10 Å². The van der Waals surface area contributed by atoms with Crippen LogP contribution in [0.25, 0.3) is 0 Å². The van der Waals surface area contributed by atoms with Crippen LogP contribution < -0.4 is 10.6 Å². The third-order valence-electron chi connectivity index (χ3n) is 1.80. The molecule has 2 N–H and O–H groups in total. The predicted molar refractivity (Wildman–Crippen MR) is 57.2 cm³/mol. The fraction of sp³-hybridized carbons (Fsp3) is 0.200. The molecule has 0 heterocycles. The molecule has 7 heteroatoms. The van der Waals surface area contributed by atoms with E-state index in [-0.39, 0.29) is 0 Å². The fourth-order valence-corrected chi connectivity index (χ4v) is 1.03. The Balaban J connectivity index is 2.74. The summed E-state index contributed by atoms with van der Waals surface area (Å²) in [6.45, 7) is 0. The van der Waals surface area contributed by atoms with Crippen LogP contribution in [0.2, 0.25) is 0 Å². The van der Waals surface area contributed by atoms with Crippen LogP contribution in [0.3, 0.4) is 0 Å². The number of ether oxygens (including phenoxy) is 2. The molecule has 1 rings (SSSR count). The van der Waals surface area contributed by atoms with Crippen molar-refractivity contribution in [2.24, 2.45) is 16.2 Å². The van der Waals surface area contributed by atoms with E-state index in [9.17, 15) is 4.79 Å². The van der Waals surface area contributed by atoms with Gasteiger partial charge in [0.1, 0.15) is 11.8 Å². The van der Waals surface area contributed by atoms with Gasteiger partial charge in [0.15, 0.2) is 0 Å². The number of hydrogen-bond acceptors (Lipinski definition) is 6. The number of benzene rings is 1. The van der Waals surface area contributed by atoms with Crippen molar-refractivity contribution in [3.8, 4) is 11.8 Å². The van der Waals surface area contributed by atoms with Gasteiger partial charge in [-0.15, -0.1) is 5.11 Å². The highest BCUT2D eigenvalue weighted by molar-refractivity contribution is 5.78. The number of hydrogen-bond donors (Lipinski definition) is 1. The van der Waals surface area contributed by atoms with Gasteiger partial charge in [-0.2, -0.15) is 5.26 Å². The first-order valence-electron chi connectivity index (χ1n) is 4.56. The lowest BCUT2D eigenvalue weighted by Crippen LogP contribution is -2.26. The Labute approximate surface area is 97.4 Å². The van der Waals surface area contributed by atoms with Crippen LogP contribution in [0, 0.1) is 11.3 Å². The molecule has 0 aliphatic rings. The maximum absolute atomic E-state index is 11.1. The molecule has 0 bridgehead atoms. The topological polar surface area (TPSA) is 110 Å². The largest absolute Gasteiger partial charge is 0.465 e. The van der Waals surface area contributed by atoms with Crippen molar-refractivity contribution < 1.29 is 14.3 Å². The summed E-state index contributed by atoms with van der Waals surface area (Å²) in [4.78, 5) is 11.1. The first-order valence-corrected chi connectivity index (χ1v) is 4.56. The molecule has 88 valence electrons. The summed E-state index contributed by atoms with van der Waals surface area (Å²) < 4.78 is 9.51. The Morgan fingerprint density at radius 3 is 2.59 bits per heavy atom. The van der Waals surface area contributed by atoms with Gasteiger partial charge < -0.3 is 15.3 Å². The Morgan fingerprint density at radius 2 is 2.12 bits per heavy atom. The highest BCUT2D eigenvalue weighted by Crippen LogP contribution is 2.19. The molecule has 0 aliphatic heterocycles. The minimum Gasteiger partial charge on any atom is -0.465 e. The van der Waals surface area contributed by atoms with Gasteiger partial charge in [0, 0.05) is 0 Å². The van der Waals surface area contributed by atoms with Gasteiger partial charge in [-0.05, 0) is 24.3 Å². The number of carbonyl (C=O) groups is 1. The average molecular weight is 234 g/mol. The zero-order chi connectivity index (χ0) is 12.7. The highest BCUT2D eigenvalue weighted by Gasteiger charge is 2.20. The van der Waals surface area contributed by atoms with Crippen LogP contribution in [0.15, 0.2) is 34.6 Å². The smallest absolute Gasteiger partial charge is 0.362 e. The molecular weight excluding hydrogens is 224 g/mol. The van der Waals surface area contributed by atoms with Gasteiger partial charge in [0.2, 0.25) is 0 Å². The Bertz CT molecular complexity index is 450. The predicted octanol–water partition coefficient (Wildman–Crippen LogP) is 1.09. The second-order valence-electron chi connectivity index (χ2n) is 2.86. The summed E-state index contributed by atoms with van der Waals surface area (Å²) in [6.07, 6.45) is -1.29. The van der Waals surface area contributed by atoms with Crippen molar-refractivity contribution in [3.05, 3.63) is 24.3 Å². The number of methoxy groups -OCH3 is 1. The van der Waals surface area contributed by atoms with Crippen molar-refractivity contribution >= 4 is 11.7 Å². The van der Waals surface area contributed by atoms with Crippen molar-refractivity contribution in [3.63, 3.8) is 0 Å². The highest BCUT2D eigenvalue weighted by atomic mass is 16.6. The molecule has 7 nitrogen and oxygen atoms in total. The number of rotatable bonds is 4.